The second-order valence-corrected chi connectivity index (χ2v) is 4.29. The highest BCUT2D eigenvalue weighted by atomic mass is 35.5. The molecule has 0 saturated heterocycles. The first-order valence-corrected chi connectivity index (χ1v) is 5.85. The third-order valence-corrected chi connectivity index (χ3v) is 2.67. The minimum atomic E-state index is -4.55. The number of halogens is 4. The van der Waals surface area contributed by atoms with Crippen LogP contribution in [0.4, 0.5) is 18.9 Å². The summed E-state index contributed by atoms with van der Waals surface area (Å²) < 4.78 is 38.3. The lowest BCUT2D eigenvalue weighted by Crippen LogP contribution is -2.17. The number of nitrogens with zero attached hydrogens (tertiary/aromatic N) is 1. The fourth-order valence-corrected chi connectivity index (χ4v) is 1.71. The Bertz CT molecular complexity index is 644. The zero-order valence-corrected chi connectivity index (χ0v) is 10.7. The summed E-state index contributed by atoms with van der Waals surface area (Å²) in [4.78, 5) is 15.6. The number of alkyl halides is 3. The third kappa shape index (κ3) is 3.27. The number of hydrogen-bond donors (Lipinski definition) is 1. The summed E-state index contributed by atoms with van der Waals surface area (Å²) in [5.74, 6) is -0.760. The Hall–Kier alpha value is -2.08. The highest BCUT2D eigenvalue weighted by Gasteiger charge is 2.33. The minimum absolute atomic E-state index is 0.0607. The molecule has 1 heterocycles. The van der Waals surface area contributed by atoms with Crippen LogP contribution in [-0.4, -0.2) is 10.9 Å². The molecule has 1 amide bonds. The van der Waals surface area contributed by atoms with Crippen LogP contribution in [0.3, 0.4) is 0 Å². The highest BCUT2D eigenvalue weighted by Crippen LogP contribution is 2.34. The van der Waals surface area contributed by atoms with E-state index in [0.717, 1.165) is 6.07 Å². The summed E-state index contributed by atoms with van der Waals surface area (Å²) in [6.45, 7) is 0. The number of pyridine rings is 1. The van der Waals surface area contributed by atoms with Crippen LogP contribution in [0.1, 0.15) is 16.1 Å². The summed E-state index contributed by atoms with van der Waals surface area (Å²) in [6, 6.07) is 7.44. The van der Waals surface area contributed by atoms with Crippen LogP contribution in [0.15, 0.2) is 42.6 Å². The SMILES string of the molecule is O=C(Nc1ccccc1C(F)(F)F)c1cc(Cl)ccn1. The summed E-state index contributed by atoms with van der Waals surface area (Å²) in [5, 5.41) is 2.45. The number of carbonyl (C=O) groups excluding carboxylic acids is 1. The molecule has 7 heteroatoms. The molecule has 20 heavy (non-hydrogen) atoms. The fourth-order valence-electron chi connectivity index (χ4n) is 1.55. The molecule has 0 unspecified atom stereocenters. The largest absolute Gasteiger partial charge is 0.418 e. The Balaban J connectivity index is 2.29. The van der Waals surface area contributed by atoms with Crippen molar-refractivity contribution in [3.63, 3.8) is 0 Å². The van der Waals surface area contributed by atoms with Gasteiger partial charge in [-0.05, 0) is 24.3 Å². The standard InChI is InChI=1S/C13H8ClF3N2O/c14-8-5-6-18-11(7-8)12(20)19-10-4-2-1-3-9(10)13(15,16)17/h1-7H,(H,19,20). The molecule has 0 aliphatic carbocycles. The zero-order chi connectivity index (χ0) is 14.8. The second-order valence-electron chi connectivity index (χ2n) is 3.86. The molecule has 0 aliphatic rings. The molecule has 104 valence electrons. The first-order valence-electron chi connectivity index (χ1n) is 5.47. The van der Waals surface area contributed by atoms with E-state index >= 15 is 0 Å². The number of rotatable bonds is 2. The van der Waals surface area contributed by atoms with Crippen LogP contribution >= 0.6 is 11.6 Å². The minimum Gasteiger partial charge on any atom is -0.320 e. The van der Waals surface area contributed by atoms with E-state index in [1.807, 2.05) is 0 Å². The highest BCUT2D eigenvalue weighted by molar-refractivity contribution is 6.30. The van der Waals surface area contributed by atoms with Crippen molar-refractivity contribution in [3.05, 3.63) is 58.9 Å². The van der Waals surface area contributed by atoms with Crippen LogP contribution in [0.5, 0.6) is 0 Å². The Labute approximate surface area is 117 Å². The van der Waals surface area contributed by atoms with Gasteiger partial charge in [0.15, 0.2) is 0 Å². The number of benzene rings is 1. The van der Waals surface area contributed by atoms with Gasteiger partial charge in [0.1, 0.15) is 5.69 Å². The van der Waals surface area contributed by atoms with Gasteiger partial charge in [-0.3, -0.25) is 9.78 Å². The molecular formula is C13H8ClF3N2O. The molecule has 0 saturated carbocycles. The van der Waals surface area contributed by atoms with E-state index in [1.54, 1.807) is 0 Å². The lowest BCUT2D eigenvalue weighted by molar-refractivity contribution is -0.136. The normalized spacial score (nSPS) is 11.2. The third-order valence-electron chi connectivity index (χ3n) is 2.44. The summed E-state index contributed by atoms with van der Waals surface area (Å²) in [7, 11) is 0. The monoisotopic (exact) mass is 300 g/mol. The molecule has 1 aromatic heterocycles. The molecule has 2 aromatic rings. The average molecular weight is 301 g/mol. The van der Waals surface area contributed by atoms with Crippen LogP contribution in [-0.2, 0) is 6.18 Å². The number of hydrogen-bond acceptors (Lipinski definition) is 2. The van der Waals surface area contributed by atoms with Crippen molar-refractivity contribution in [1.29, 1.82) is 0 Å². The lowest BCUT2D eigenvalue weighted by Gasteiger charge is -2.13. The molecule has 0 fully saturated rings. The van der Waals surface area contributed by atoms with Gasteiger partial charge in [-0.25, -0.2) is 0 Å². The van der Waals surface area contributed by atoms with Crippen molar-refractivity contribution < 1.29 is 18.0 Å². The number of para-hydroxylation sites is 1. The molecule has 0 bridgehead atoms. The van der Waals surface area contributed by atoms with Crippen LogP contribution in [0, 0.1) is 0 Å². The van der Waals surface area contributed by atoms with Crippen molar-refractivity contribution >= 4 is 23.2 Å². The van der Waals surface area contributed by atoms with Gasteiger partial charge in [-0.1, -0.05) is 23.7 Å². The number of nitrogens with one attached hydrogen (secondary N) is 1. The van der Waals surface area contributed by atoms with Crippen molar-refractivity contribution in [1.82, 2.24) is 4.98 Å². The van der Waals surface area contributed by atoms with Crippen LogP contribution < -0.4 is 5.32 Å². The molecule has 1 aromatic carbocycles. The Morgan fingerprint density at radius 3 is 2.55 bits per heavy atom. The molecule has 1 N–H and O–H groups in total. The van der Waals surface area contributed by atoms with Gasteiger partial charge in [-0.2, -0.15) is 13.2 Å². The van der Waals surface area contributed by atoms with Gasteiger partial charge < -0.3 is 5.32 Å². The molecular weight excluding hydrogens is 293 g/mol. The Morgan fingerprint density at radius 1 is 1.20 bits per heavy atom. The molecule has 0 atom stereocenters. The fraction of sp³-hybridized carbons (Fsp3) is 0.0769. The Kier molecular flexibility index (Phi) is 3.94. The first-order chi connectivity index (χ1) is 9.38. The predicted molar refractivity (Wildman–Crippen MR) is 68.6 cm³/mol. The Morgan fingerprint density at radius 2 is 1.90 bits per heavy atom. The van der Waals surface area contributed by atoms with E-state index in [9.17, 15) is 18.0 Å². The van der Waals surface area contributed by atoms with E-state index in [0.29, 0.717) is 0 Å². The first kappa shape index (κ1) is 14.3. The van der Waals surface area contributed by atoms with Crippen molar-refractivity contribution in [2.75, 3.05) is 5.32 Å². The zero-order valence-electron chi connectivity index (χ0n) is 9.91. The predicted octanol–water partition coefficient (Wildman–Crippen LogP) is 4.01. The van der Waals surface area contributed by atoms with Gasteiger partial charge in [0, 0.05) is 11.2 Å². The van der Waals surface area contributed by atoms with Gasteiger partial charge in [0.05, 0.1) is 11.3 Å². The van der Waals surface area contributed by atoms with Gasteiger partial charge in [-0.15, -0.1) is 0 Å². The molecule has 2 rings (SSSR count). The maximum Gasteiger partial charge on any atom is 0.418 e. The summed E-state index contributed by atoms with van der Waals surface area (Å²) in [6.07, 6.45) is -3.25. The molecule has 0 radical (unpaired) electrons. The summed E-state index contributed by atoms with van der Waals surface area (Å²) in [5.41, 5.74) is -1.31. The van der Waals surface area contributed by atoms with E-state index in [1.165, 1.54) is 36.5 Å². The second kappa shape index (κ2) is 5.50. The topological polar surface area (TPSA) is 42.0 Å². The molecule has 3 nitrogen and oxygen atoms in total. The van der Waals surface area contributed by atoms with E-state index in [2.05, 4.69) is 10.3 Å². The van der Waals surface area contributed by atoms with Crippen LogP contribution in [0.25, 0.3) is 0 Å². The maximum atomic E-state index is 12.8. The summed E-state index contributed by atoms with van der Waals surface area (Å²) >= 11 is 5.70. The van der Waals surface area contributed by atoms with Crippen LogP contribution in [0.2, 0.25) is 5.02 Å². The molecule has 0 spiro atoms. The van der Waals surface area contributed by atoms with Crippen molar-refractivity contribution in [3.8, 4) is 0 Å². The van der Waals surface area contributed by atoms with Gasteiger partial charge in [0.2, 0.25) is 0 Å². The smallest absolute Gasteiger partial charge is 0.320 e. The number of amides is 1. The quantitative estimate of drug-likeness (QED) is 0.910. The van der Waals surface area contributed by atoms with E-state index in [4.69, 9.17) is 11.6 Å². The van der Waals surface area contributed by atoms with Gasteiger partial charge in [0.25, 0.3) is 5.91 Å². The maximum absolute atomic E-state index is 12.8. The number of anilines is 1. The molecule has 0 aliphatic heterocycles. The van der Waals surface area contributed by atoms with Gasteiger partial charge >= 0.3 is 6.18 Å². The lowest BCUT2D eigenvalue weighted by atomic mass is 10.1. The van der Waals surface area contributed by atoms with E-state index in [-0.39, 0.29) is 16.4 Å². The van der Waals surface area contributed by atoms with Crippen molar-refractivity contribution in [2.45, 2.75) is 6.18 Å². The average Bonchev–Trinajstić information content (AvgIpc) is 2.38. The van der Waals surface area contributed by atoms with Crippen molar-refractivity contribution in [2.24, 2.45) is 0 Å². The number of aromatic nitrogens is 1. The number of carbonyl (C=O) groups is 1. The van der Waals surface area contributed by atoms with E-state index < -0.39 is 17.6 Å².